The number of hydrogen-bond donors (Lipinski definition) is 0. The number of carbonyl (C=O) groups is 2. The van der Waals surface area contributed by atoms with E-state index in [0.29, 0.717) is 24.2 Å². The quantitative estimate of drug-likeness (QED) is 0.417. The number of methoxy groups -OCH3 is 1. The lowest BCUT2D eigenvalue weighted by atomic mass is 10.00. The minimum absolute atomic E-state index is 0.194. The Bertz CT molecular complexity index is 1140. The number of ether oxygens (including phenoxy) is 1. The molecule has 0 saturated carbocycles. The second kappa shape index (κ2) is 11.0. The molecule has 0 aromatic heterocycles. The molecule has 1 amide bonds. The Labute approximate surface area is 200 Å². The Kier molecular flexibility index (Phi) is 8.05. The van der Waals surface area contributed by atoms with E-state index in [-0.39, 0.29) is 11.9 Å². The zero-order valence-electron chi connectivity index (χ0n) is 20.3. The van der Waals surface area contributed by atoms with E-state index in [1.165, 1.54) is 31.1 Å². The summed E-state index contributed by atoms with van der Waals surface area (Å²) in [5, 5.41) is 0. The maximum absolute atomic E-state index is 14.4. The number of rotatable bonds is 8. The average Bonchev–Trinajstić information content (AvgIpc) is 2.81. The van der Waals surface area contributed by atoms with Crippen molar-refractivity contribution >= 4 is 23.3 Å². The smallest absolute Gasteiger partial charge is 0.308 e. The summed E-state index contributed by atoms with van der Waals surface area (Å²) in [5.41, 5.74) is 5.34. The normalized spacial score (nSPS) is 11.6. The summed E-state index contributed by atoms with van der Waals surface area (Å²) < 4.78 is 19.2. The summed E-state index contributed by atoms with van der Waals surface area (Å²) in [7, 11) is 5.34. The first-order valence-corrected chi connectivity index (χ1v) is 11.2. The van der Waals surface area contributed by atoms with Gasteiger partial charge in [0.25, 0.3) is 0 Å². The number of halogens is 1. The van der Waals surface area contributed by atoms with Gasteiger partial charge in [0, 0.05) is 32.4 Å². The van der Waals surface area contributed by atoms with Gasteiger partial charge < -0.3 is 14.5 Å². The van der Waals surface area contributed by atoms with Gasteiger partial charge in [-0.2, -0.15) is 0 Å². The van der Waals surface area contributed by atoms with E-state index < -0.39 is 11.7 Å². The Morgan fingerprint density at radius 1 is 0.882 bits per heavy atom. The minimum atomic E-state index is -0.452. The number of nitrogens with zero attached hydrogens (tertiary/aromatic N) is 2. The van der Waals surface area contributed by atoms with Crippen LogP contribution in [0.5, 0.6) is 0 Å². The SMILES string of the molecule is COC(=O)C(C)Cc1cc(F)cc(N(Cc2ccc(-c3ccc(N(C)C)cc3)cc2)C(C)=O)c1. The van der Waals surface area contributed by atoms with Crippen LogP contribution in [0.2, 0.25) is 0 Å². The Morgan fingerprint density at radius 3 is 2.00 bits per heavy atom. The Balaban J connectivity index is 1.80. The molecule has 0 aliphatic carbocycles. The summed E-state index contributed by atoms with van der Waals surface area (Å²) >= 11 is 0. The topological polar surface area (TPSA) is 49.9 Å². The summed E-state index contributed by atoms with van der Waals surface area (Å²) in [6.45, 7) is 3.50. The second-order valence-electron chi connectivity index (χ2n) is 8.69. The molecule has 0 saturated heterocycles. The van der Waals surface area contributed by atoms with E-state index in [9.17, 15) is 14.0 Å². The molecular formula is C28H31FN2O3. The van der Waals surface area contributed by atoms with Gasteiger partial charge in [0.1, 0.15) is 5.82 Å². The van der Waals surface area contributed by atoms with Gasteiger partial charge in [-0.1, -0.05) is 43.3 Å². The van der Waals surface area contributed by atoms with E-state index >= 15 is 0 Å². The third kappa shape index (κ3) is 6.22. The van der Waals surface area contributed by atoms with Crippen LogP contribution in [-0.4, -0.2) is 33.1 Å². The molecule has 3 aromatic carbocycles. The molecular weight excluding hydrogens is 431 g/mol. The fraction of sp³-hybridized carbons (Fsp3) is 0.286. The lowest BCUT2D eigenvalue weighted by Crippen LogP contribution is -2.28. The molecule has 1 unspecified atom stereocenters. The third-order valence-electron chi connectivity index (χ3n) is 5.79. The second-order valence-corrected chi connectivity index (χ2v) is 8.69. The first-order valence-electron chi connectivity index (χ1n) is 11.2. The lowest BCUT2D eigenvalue weighted by Gasteiger charge is -2.23. The monoisotopic (exact) mass is 462 g/mol. The standard InChI is InChI=1S/C28H31FN2O3/c1-19(28(33)34-5)14-22-15-25(29)17-27(16-22)31(20(2)32)18-21-6-8-23(9-7-21)24-10-12-26(13-11-24)30(3)4/h6-13,15-17,19H,14,18H2,1-5H3. The number of esters is 1. The van der Waals surface area contributed by atoms with Gasteiger partial charge in [-0.05, 0) is 59.0 Å². The lowest BCUT2D eigenvalue weighted by molar-refractivity contribution is -0.144. The molecule has 178 valence electrons. The van der Waals surface area contributed by atoms with Crippen LogP contribution in [0.15, 0.2) is 66.7 Å². The van der Waals surface area contributed by atoms with Crippen molar-refractivity contribution in [2.75, 3.05) is 31.0 Å². The van der Waals surface area contributed by atoms with Crippen molar-refractivity contribution in [2.24, 2.45) is 5.92 Å². The molecule has 6 heteroatoms. The molecule has 1 atom stereocenters. The van der Waals surface area contributed by atoms with E-state index in [0.717, 1.165) is 22.4 Å². The highest BCUT2D eigenvalue weighted by atomic mass is 19.1. The Hall–Kier alpha value is -3.67. The molecule has 0 radical (unpaired) electrons. The summed E-state index contributed by atoms with van der Waals surface area (Å²) in [5.74, 6) is -1.41. The van der Waals surface area contributed by atoms with Crippen LogP contribution in [0.4, 0.5) is 15.8 Å². The van der Waals surface area contributed by atoms with Gasteiger partial charge in [-0.3, -0.25) is 9.59 Å². The molecule has 3 rings (SSSR count). The summed E-state index contributed by atoms with van der Waals surface area (Å²) in [4.78, 5) is 27.8. The van der Waals surface area contributed by atoms with Crippen LogP contribution in [0, 0.1) is 11.7 Å². The molecule has 0 aliphatic heterocycles. The maximum Gasteiger partial charge on any atom is 0.308 e. The molecule has 34 heavy (non-hydrogen) atoms. The predicted molar refractivity (Wildman–Crippen MR) is 134 cm³/mol. The zero-order chi connectivity index (χ0) is 24.8. The van der Waals surface area contributed by atoms with Gasteiger partial charge in [0.15, 0.2) is 0 Å². The number of hydrogen-bond acceptors (Lipinski definition) is 4. The summed E-state index contributed by atoms with van der Waals surface area (Å²) in [6.07, 6.45) is 0.324. The van der Waals surface area contributed by atoms with Gasteiger partial charge in [-0.15, -0.1) is 0 Å². The largest absolute Gasteiger partial charge is 0.469 e. The molecule has 0 aliphatic rings. The highest BCUT2D eigenvalue weighted by Crippen LogP contribution is 2.26. The number of benzene rings is 3. The van der Waals surface area contributed by atoms with E-state index in [1.54, 1.807) is 13.0 Å². The number of carbonyl (C=O) groups excluding carboxylic acids is 2. The van der Waals surface area contributed by atoms with Crippen LogP contribution < -0.4 is 9.80 Å². The first-order chi connectivity index (χ1) is 16.2. The van der Waals surface area contributed by atoms with E-state index in [4.69, 9.17) is 4.74 Å². The molecule has 5 nitrogen and oxygen atoms in total. The van der Waals surface area contributed by atoms with Crippen molar-refractivity contribution in [1.29, 1.82) is 0 Å². The molecule has 0 fully saturated rings. The highest BCUT2D eigenvalue weighted by molar-refractivity contribution is 5.91. The van der Waals surface area contributed by atoms with Crippen molar-refractivity contribution < 1.29 is 18.7 Å². The molecule has 0 heterocycles. The van der Waals surface area contributed by atoms with Gasteiger partial charge in [0.05, 0.1) is 19.6 Å². The van der Waals surface area contributed by atoms with Crippen LogP contribution in [0.1, 0.15) is 25.0 Å². The van der Waals surface area contributed by atoms with Crippen molar-refractivity contribution in [3.05, 3.63) is 83.7 Å². The average molecular weight is 463 g/mol. The molecule has 0 N–H and O–H groups in total. The van der Waals surface area contributed by atoms with Gasteiger partial charge in [-0.25, -0.2) is 4.39 Å². The fourth-order valence-corrected chi connectivity index (χ4v) is 3.87. The van der Waals surface area contributed by atoms with Crippen molar-refractivity contribution in [3.63, 3.8) is 0 Å². The predicted octanol–water partition coefficient (Wildman–Crippen LogP) is 5.46. The number of amides is 1. The zero-order valence-corrected chi connectivity index (χ0v) is 20.3. The maximum atomic E-state index is 14.4. The highest BCUT2D eigenvalue weighted by Gasteiger charge is 2.18. The summed E-state index contributed by atoms with van der Waals surface area (Å²) in [6, 6.07) is 20.8. The fourth-order valence-electron chi connectivity index (χ4n) is 3.87. The van der Waals surface area contributed by atoms with Crippen LogP contribution in [-0.2, 0) is 27.3 Å². The number of anilines is 2. The van der Waals surface area contributed by atoms with Crippen LogP contribution in [0.3, 0.4) is 0 Å². The van der Waals surface area contributed by atoms with E-state index in [1.807, 2.05) is 38.4 Å². The Morgan fingerprint density at radius 2 is 1.47 bits per heavy atom. The van der Waals surface area contributed by atoms with E-state index in [2.05, 4.69) is 29.2 Å². The molecule has 0 bridgehead atoms. The molecule has 3 aromatic rings. The van der Waals surface area contributed by atoms with Crippen LogP contribution in [0.25, 0.3) is 11.1 Å². The van der Waals surface area contributed by atoms with Crippen molar-refractivity contribution in [2.45, 2.75) is 26.8 Å². The van der Waals surface area contributed by atoms with Crippen molar-refractivity contribution in [1.82, 2.24) is 0 Å². The van der Waals surface area contributed by atoms with Gasteiger partial charge >= 0.3 is 5.97 Å². The van der Waals surface area contributed by atoms with Crippen LogP contribution >= 0.6 is 0 Å². The van der Waals surface area contributed by atoms with Crippen molar-refractivity contribution in [3.8, 4) is 11.1 Å². The third-order valence-corrected chi connectivity index (χ3v) is 5.79. The first kappa shape index (κ1) is 25.0. The minimum Gasteiger partial charge on any atom is -0.469 e. The van der Waals surface area contributed by atoms with Gasteiger partial charge in [0.2, 0.25) is 5.91 Å². The molecule has 0 spiro atoms.